The number of rotatable bonds is 8. The van der Waals surface area contributed by atoms with Crippen LogP contribution >= 0.6 is 34.7 Å². The molecule has 0 atom stereocenters. The molecule has 1 fully saturated rings. The van der Waals surface area contributed by atoms with E-state index >= 15 is 0 Å². The lowest BCUT2D eigenvalue weighted by Gasteiger charge is -2.32. The number of benzene rings is 1. The molecule has 1 aromatic heterocycles. The third-order valence-corrected chi connectivity index (χ3v) is 8.48. The fourth-order valence-electron chi connectivity index (χ4n) is 3.02. The Kier molecular flexibility index (Phi) is 7.47. The number of likely N-dealkylation sites (tertiary alicyclic amines) is 1. The predicted octanol–water partition coefficient (Wildman–Crippen LogP) is 3.95. The summed E-state index contributed by atoms with van der Waals surface area (Å²) >= 11 is 8.60. The topological polar surface area (TPSA) is 58.6 Å². The maximum Gasteiger partial charge on any atom is 0.250 e. The van der Waals surface area contributed by atoms with E-state index in [1.807, 2.05) is 24.5 Å². The van der Waals surface area contributed by atoms with E-state index < -0.39 is 10.0 Å². The fourth-order valence-corrected chi connectivity index (χ4v) is 6.36. The van der Waals surface area contributed by atoms with Gasteiger partial charge in [-0.15, -0.1) is 23.1 Å². The molecule has 0 bridgehead atoms. The Morgan fingerprint density at radius 1 is 1.26 bits per heavy atom. The van der Waals surface area contributed by atoms with Gasteiger partial charge in [-0.2, -0.15) is 0 Å². The zero-order valence-electron chi connectivity index (χ0n) is 15.1. The van der Waals surface area contributed by atoms with Gasteiger partial charge in [-0.25, -0.2) is 13.1 Å². The number of thiophene rings is 1. The van der Waals surface area contributed by atoms with Crippen LogP contribution in [0.25, 0.3) is 0 Å². The molecule has 0 radical (unpaired) electrons. The van der Waals surface area contributed by atoms with Gasteiger partial charge in [0.1, 0.15) is 16.6 Å². The zero-order chi connectivity index (χ0) is 19.3. The molecule has 1 N–H and O–H groups in total. The van der Waals surface area contributed by atoms with Crippen LogP contribution in [0.1, 0.15) is 12.8 Å². The van der Waals surface area contributed by atoms with E-state index in [0.717, 1.165) is 54.5 Å². The summed E-state index contributed by atoms with van der Waals surface area (Å²) in [7, 11) is -3.48. The molecule has 1 aliphatic heterocycles. The molecule has 0 spiro atoms. The van der Waals surface area contributed by atoms with E-state index in [0.29, 0.717) is 10.9 Å². The summed E-state index contributed by atoms with van der Waals surface area (Å²) in [6.07, 6.45) is 3.62. The summed E-state index contributed by atoms with van der Waals surface area (Å²) < 4.78 is 34.3. The summed E-state index contributed by atoms with van der Waals surface area (Å²) in [5, 5.41) is 0. The van der Waals surface area contributed by atoms with Gasteiger partial charge in [0.15, 0.2) is 0 Å². The van der Waals surface area contributed by atoms with Crippen molar-refractivity contribution in [1.82, 2.24) is 9.62 Å². The van der Waals surface area contributed by atoms with Crippen molar-refractivity contribution in [2.45, 2.75) is 28.0 Å². The first-order chi connectivity index (χ1) is 13.0. The largest absolute Gasteiger partial charge is 0.491 e. The molecule has 1 aromatic carbocycles. The number of thioether (sulfide) groups is 1. The number of hydrogen-bond acceptors (Lipinski definition) is 6. The van der Waals surface area contributed by atoms with Crippen LogP contribution in [0.4, 0.5) is 0 Å². The molecule has 148 valence electrons. The number of para-hydroxylation sites is 1. The lowest BCUT2D eigenvalue weighted by Crippen LogP contribution is -2.45. The van der Waals surface area contributed by atoms with Crippen molar-refractivity contribution < 1.29 is 13.2 Å². The molecule has 2 aromatic rings. The molecule has 0 saturated carbocycles. The second kappa shape index (κ2) is 9.62. The average Bonchev–Trinajstić information content (AvgIpc) is 3.11. The molecular formula is C18H23ClN2O3S3. The summed E-state index contributed by atoms with van der Waals surface area (Å²) in [5.74, 6) is 0.919. The van der Waals surface area contributed by atoms with Gasteiger partial charge in [-0.3, -0.25) is 4.90 Å². The summed E-state index contributed by atoms with van der Waals surface area (Å²) in [6.45, 7) is 3.17. The van der Waals surface area contributed by atoms with E-state index in [1.54, 1.807) is 23.9 Å². The van der Waals surface area contributed by atoms with Gasteiger partial charge in [0.25, 0.3) is 0 Å². The molecule has 3 rings (SSSR count). The predicted molar refractivity (Wildman–Crippen MR) is 113 cm³/mol. The van der Waals surface area contributed by atoms with Gasteiger partial charge in [0, 0.05) is 17.5 Å². The highest BCUT2D eigenvalue weighted by atomic mass is 35.5. The van der Waals surface area contributed by atoms with E-state index in [4.69, 9.17) is 16.3 Å². The van der Waals surface area contributed by atoms with Crippen LogP contribution in [0.2, 0.25) is 4.34 Å². The third kappa shape index (κ3) is 5.85. The van der Waals surface area contributed by atoms with Crippen LogP contribution in [0.5, 0.6) is 5.75 Å². The number of nitrogens with one attached hydrogen (secondary N) is 1. The molecule has 9 heteroatoms. The number of hydrogen-bond donors (Lipinski definition) is 1. The van der Waals surface area contributed by atoms with Crippen LogP contribution in [0.3, 0.4) is 0 Å². The lowest BCUT2D eigenvalue weighted by molar-refractivity contribution is 0.169. The third-order valence-electron chi connectivity index (χ3n) is 4.46. The molecular weight excluding hydrogens is 424 g/mol. The van der Waals surface area contributed by atoms with E-state index in [9.17, 15) is 8.42 Å². The van der Waals surface area contributed by atoms with E-state index in [-0.39, 0.29) is 10.3 Å². The normalized spacial score (nSPS) is 16.5. The van der Waals surface area contributed by atoms with Crippen molar-refractivity contribution >= 4 is 44.7 Å². The van der Waals surface area contributed by atoms with Crippen molar-refractivity contribution in [1.29, 1.82) is 0 Å². The Balaban J connectivity index is 1.42. The van der Waals surface area contributed by atoms with Gasteiger partial charge in [0.05, 0.1) is 4.34 Å². The summed E-state index contributed by atoms with van der Waals surface area (Å²) in [4.78, 5) is 3.45. The first-order valence-corrected chi connectivity index (χ1v) is 12.6. The number of halogens is 1. The van der Waals surface area contributed by atoms with Crippen molar-refractivity contribution in [3.8, 4) is 5.75 Å². The highest BCUT2D eigenvalue weighted by Crippen LogP contribution is 2.27. The Bertz CT molecular complexity index is 849. The average molecular weight is 447 g/mol. The molecule has 0 amide bonds. The molecule has 0 aliphatic carbocycles. The minimum Gasteiger partial charge on any atom is -0.491 e. The molecule has 1 aliphatic rings. The minimum atomic E-state index is -3.48. The van der Waals surface area contributed by atoms with Gasteiger partial charge < -0.3 is 4.74 Å². The summed E-state index contributed by atoms with van der Waals surface area (Å²) in [6, 6.07) is 11.2. The highest BCUT2D eigenvalue weighted by molar-refractivity contribution is 7.98. The maximum atomic E-state index is 12.4. The lowest BCUT2D eigenvalue weighted by atomic mass is 10.1. The molecule has 2 heterocycles. The number of nitrogens with zero attached hydrogens (tertiary/aromatic N) is 1. The standard InChI is InChI=1S/C18H23ClN2O3S3/c1-25-16-5-3-2-4-15(16)24-13-12-21-10-8-14(9-11-21)20-27(22,23)18-7-6-17(19)26-18/h2-7,14,20H,8-13H2,1H3. The Morgan fingerprint density at radius 2 is 2.00 bits per heavy atom. The van der Waals surface area contributed by atoms with Crippen LogP contribution in [0.15, 0.2) is 45.5 Å². The first kappa shape index (κ1) is 21.0. The molecule has 5 nitrogen and oxygen atoms in total. The number of piperidine rings is 1. The number of ether oxygens (including phenoxy) is 1. The Morgan fingerprint density at radius 3 is 2.67 bits per heavy atom. The summed E-state index contributed by atoms with van der Waals surface area (Å²) in [5.41, 5.74) is 0. The number of sulfonamides is 1. The minimum absolute atomic E-state index is 0.0368. The van der Waals surface area contributed by atoms with Crippen molar-refractivity contribution in [2.24, 2.45) is 0 Å². The highest BCUT2D eigenvalue weighted by Gasteiger charge is 2.25. The van der Waals surface area contributed by atoms with Crippen molar-refractivity contribution in [2.75, 3.05) is 32.5 Å². The van der Waals surface area contributed by atoms with Gasteiger partial charge in [-0.05, 0) is 56.5 Å². The fraction of sp³-hybridized carbons (Fsp3) is 0.444. The van der Waals surface area contributed by atoms with Crippen LogP contribution < -0.4 is 9.46 Å². The zero-order valence-corrected chi connectivity index (χ0v) is 18.3. The first-order valence-electron chi connectivity index (χ1n) is 8.74. The van der Waals surface area contributed by atoms with Crippen molar-refractivity contribution in [3.63, 3.8) is 0 Å². The monoisotopic (exact) mass is 446 g/mol. The Hall–Kier alpha value is -0.770. The quantitative estimate of drug-likeness (QED) is 0.622. The van der Waals surface area contributed by atoms with Crippen LogP contribution in [-0.4, -0.2) is 51.9 Å². The second-order valence-electron chi connectivity index (χ2n) is 6.30. The van der Waals surface area contributed by atoms with Crippen molar-refractivity contribution in [3.05, 3.63) is 40.7 Å². The van der Waals surface area contributed by atoms with Crippen LogP contribution in [-0.2, 0) is 10.0 Å². The van der Waals surface area contributed by atoms with Gasteiger partial charge in [-0.1, -0.05) is 23.7 Å². The van der Waals surface area contributed by atoms with Crippen LogP contribution in [0, 0.1) is 0 Å². The van der Waals surface area contributed by atoms with E-state index in [1.165, 1.54) is 0 Å². The van der Waals surface area contributed by atoms with E-state index in [2.05, 4.69) is 15.7 Å². The molecule has 27 heavy (non-hydrogen) atoms. The van der Waals surface area contributed by atoms with Gasteiger partial charge >= 0.3 is 0 Å². The molecule has 1 saturated heterocycles. The maximum absolute atomic E-state index is 12.4. The SMILES string of the molecule is CSc1ccccc1OCCN1CCC(NS(=O)(=O)c2ccc(Cl)s2)CC1. The Labute approximate surface area is 174 Å². The smallest absolute Gasteiger partial charge is 0.250 e. The van der Waals surface area contributed by atoms with Gasteiger partial charge in [0.2, 0.25) is 10.0 Å². The molecule has 0 unspecified atom stereocenters. The second-order valence-corrected chi connectivity index (χ2v) is 10.8.